The Morgan fingerprint density at radius 3 is 2.07 bits per heavy atom. The molecule has 0 aliphatic heterocycles. The maximum Gasteiger partial charge on any atom is 0.280 e. The van der Waals surface area contributed by atoms with Crippen LogP contribution in [0.15, 0.2) is 58.3 Å². The van der Waals surface area contributed by atoms with E-state index in [2.05, 4.69) is 23.9 Å². The van der Waals surface area contributed by atoms with Crippen LogP contribution in [0.4, 0.5) is 0 Å². The molecule has 0 saturated carbocycles. The van der Waals surface area contributed by atoms with Gasteiger partial charge in [0.15, 0.2) is 0 Å². The molecule has 0 fully saturated rings. The third kappa shape index (κ3) is 4.42. The molecule has 1 N–H and O–H groups in total. The molecule has 6 heteroatoms. The zero-order valence-corrected chi connectivity index (χ0v) is 17.5. The van der Waals surface area contributed by atoms with Gasteiger partial charge in [-0.2, -0.15) is 0 Å². The average Bonchev–Trinajstić information content (AvgIpc) is 3.09. The van der Waals surface area contributed by atoms with Gasteiger partial charge in [0.1, 0.15) is 11.5 Å². The van der Waals surface area contributed by atoms with E-state index in [1.165, 1.54) is 0 Å². The van der Waals surface area contributed by atoms with Gasteiger partial charge in [0, 0.05) is 17.8 Å². The van der Waals surface area contributed by atoms with Crippen LogP contribution in [0.3, 0.4) is 0 Å². The maximum absolute atomic E-state index is 13.3. The Labute approximate surface area is 170 Å². The molecule has 6 nitrogen and oxygen atoms in total. The summed E-state index contributed by atoms with van der Waals surface area (Å²) in [7, 11) is 3.25. The largest absolute Gasteiger partial charge is 0.497 e. The van der Waals surface area contributed by atoms with Gasteiger partial charge in [0.05, 0.1) is 31.2 Å². The van der Waals surface area contributed by atoms with Gasteiger partial charge in [-0.15, -0.1) is 0 Å². The number of H-pyrrole nitrogens is 1. The first-order chi connectivity index (χ1) is 13.9. The Kier molecular flexibility index (Phi) is 6.22. The molecule has 0 aliphatic carbocycles. The molecule has 0 unspecified atom stereocenters. The Morgan fingerprint density at radius 1 is 1.00 bits per heavy atom. The first kappa shape index (κ1) is 20.5. The predicted octanol–water partition coefficient (Wildman–Crippen LogP) is 4.31. The van der Waals surface area contributed by atoms with Crippen molar-refractivity contribution in [2.75, 3.05) is 20.8 Å². The summed E-state index contributed by atoms with van der Waals surface area (Å²) >= 11 is 0. The van der Waals surface area contributed by atoms with Crippen molar-refractivity contribution in [1.29, 1.82) is 0 Å². The molecule has 152 valence electrons. The zero-order chi connectivity index (χ0) is 21.0. The summed E-state index contributed by atoms with van der Waals surface area (Å²) in [5.41, 5.74) is 3.52. The van der Waals surface area contributed by atoms with Gasteiger partial charge >= 0.3 is 0 Å². The number of methoxy groups -OCH3 is 2. The topological polar surface area (TPSA) is 68.6 Å². The van der Waals surface area contributed by atoms with E-state index in [0.717, 1.165) is 34.2 Å². The van der Waals surface area contributed by atoms with Crippen molar-refractivity contribution < 1.29 is 9.47 Å². The molecule has 1 heterocycles. The number of rotatable bonds is 7. The van der Waals surface area contributed by atoms with Crippen molar-refractivity contribution in [2.45, 2.75) is 20.8 Å². The molecule has 0 atom stereocenters. The number of benzene rings is 2. The highest BCUT2D eigenvalue weighted by Gasteiger charge is 2.19. The fourth-order valence-corrected chi connectivity index (χ4v) is 3.05. The summed E-state index contributed by atoms with van der Waals surface area (Å²) in [5.74, 6) is 1.91. The van der Waals surface area contributed by atoms with Crippen LogP contribution in [0, 0.1) is 5.92 Å². The van der Waals surface area contributed by atoms with Gasteiger partial charge in [0.25, 0.3) is 5.56 Å². The fraction of sp³-hybridized carbons (Fsp3) is 0.304. The summed E-state index contributed by atoms with van der Waals surface area (Å²) < 4.78 is 12.0. The molecule has 0 saturated heterocycles. The third-order valence-corrected chi connectivity index (χ3v) is 4.66. The van der Waals surface area contributed by atoms with Crippen molar-refractivity contribution >= 4 is 5.71 Å². The van der Waals surface area contributed by atoms with Crippen molar-refractivity contribution in [1.82, 2.24) is 9.78 Å². The van der Waals surface area contributed by atoms with Crippen LogP contribution < -0.4 is 15.0 Å². The Bertz CT molecular complexity index is 1040. The SMILES string of the molecule is COc1ccc(-c2[nH]n(-c3ccc(OC)cc3)c(=O)c2C(C)=NCC(C)C)cc1. The van der Waals surface area contributed by atoms with Crippen molar-refractivity contribution in [3.8, 4) is 28.4 Å². The molecule has 0 spiro atoms. The summed E-state index contributed by atoms with van der Waals surface area (Å²) in [4.78, 5) is 18.0. The van der Waals surface area contributed by atoms with E-state index >= 15 is 0 Å². The smallest absolute Gasteiger partial charge is 0.280 e. The van der Waals surface area contributed by atoms with Crippen molar-refractivity contribution in [2.24, 2.45) is 10.9 Å². The first-order valence-corrected chi connectivity index (χ1v) is 9.60. The highest BCUT2D eigenvalue weighted by atomic mass is 16.5. The summed E-state index contributed by atoms with van der Waals surface area (Å²) in [6, 6.07) is 15.0. The van der Waals surface area contributed by atoms with Gasteiger partial charge in [-0.1, -0.05) is 13.8 Å². The number of nitrogens with one attached hydrogen (secondary N) is 1. The number of ether oxygens (including phenoxy) is 2. The Morgan fingerprint density at radius 2 is 1.55 bits per heavy atom. The van der Waals surface area contributed by atoms with Crippen LogP contribution in [-0.2, 0) is 0 Å². The average molecular weight is 393 g/mol. The molecule has 3 rings (SSSR count). The number of aromatic amines is 1. The van der Waals surface area contributed by atoms with Gasteiger partial charge in [-0.05, 0) is 61.4 Å². The van der Waals surface area contributed by atoms with E-state index in [0.29, 0.717) is 18.0 Å². The molecule has 0 aliphatic rings. The lowest BCUT2D eigenvalue weighted by molar-refractivity contribution is 0.414. The van der Waals surface area contributed by atoms with Gasteiger partial charge < -0.3 is 9.47 Å². The molecule has 1 aromatic heterocycles. The molecule has 0 bridgehead atoms. The summed E-state index contributed by atoms with van der Waals surface area (Å²) in [5, 5.41) is 3.27. The normalized spacial score (nSPS) is 11.7. The molecular formula is C23H27N3O3. The van der Waals surface area contributed by atoms with Gasteiger partial charge in [-0.25, -0.2) is 4.68 Å². The highest BCUT2D eigenvalue weighted by Crippen LogP contribution is 2.24. The second-order valence-electron chi connectivity index (χ2n) is 7.25. The first-order valence-electron chi connectivity index (χ1n) is 9.60. The van der Waals surface area contributed by atoms with E-state index in [4.69, 9.17) is 9.47 Å². The second-order valence-corrected chi connectivity index (χ2v) is 7.25. The number of nitrogens with zero attached hydrogens (tertiary/aromatic N) is 2. The molecule has 0 radical (unpaired) electrons. The van der Waals surface area contributed by atoms with Gasteiger partial charge in [-0.3, -0.25) is 14.9 Å². The molecule has 29 heavy (non-hydrogen) atoms. The monoisotopic (exact) mass is 393 g/mol. The predicted molar refractivity (Wildman–Crippen MR) is 117 cm³/mol. The lowest BCUT2D eigenvalue weighted by Gasteiger charge is -2.06. The lowest BCUT2D eigenvalue weighted by Crippen LogP contribution is -2.20. The van der Waals surface area contributed by atoms with E-state index < -0.39 is 0 Å². The minimum atomic E-state index is -0.133. The van der Waals surface area contributed by atoms with Crippen LogP contribution in [-0.4, -0.2) is 36.3 Å². The molecule has 2 aromatic carbocycles. The van der Waals surface area contributed by atoms with Gasteiger partial charge in [0.2, 0.25) is 0 Å². The molecule has 0 amide bonds. The Balaban J connectivity index is 2.16. The third-order valence-electron chi connectivity index (χ3n) is 4.66. The van der Waals surface area contributed by atoms with E-state index in [-0.39, 0.29) is 5.56 Å². The van der Waals surface area contributed by atoms with E-state index in [9.17, 15) is 4.79 Å². The van der Waals surface area contributed by atoms with Crippen molar-refractivity contribution in [3.05, 3.63) is 64.4 Å². The minimum absolute atomic E-state index is 0.133. The number of aliphatic imine (C=N–C) groups is 1. The van der Waals surface area contributed by atoms with Crippen LogP contribution in [0.1, 0.15) is 26.3 Å². The quantitative estimate of drug-likeness (QED) is 0.608. The summed E-state index contributed by atoms with van der Waals surface area (Å²) in [6.45, 7) is 6.77. The van der Waals surface area contributed by atoms with Crippen molar-refractivity contribution in [3.63, 3.8) is 0 Å². The van der Waals surface area contributed by atoms with Crippen LogP contribution in [0.5, 0.6) is 11.5 Å². The second kappa shape index (κ2) is 8.82. The zero-order valence-electron chi connectivity index (χ0n) is 17.5. The summed E-state index contributed by atoms with van der Waals surface area (Å²) in [6.07, 6.45) is 0. The number of hydrogen-bond donors (Lipinski definition) is 1. The van der Waals surface area contributed by atoms with E-state index in [1.54, 1.807) is 18.9 Å². The number of hydrogen-bond acceptors (Lipinski definition) is 4. The standard InChI is InChI=1S/C23H27N3O3/c1-15(2)14-24-16(3)21-22(17-6-10-19(28-4)11-7-17)25-26(23(21)27)18-8-12-20(29-5)13-9-18/h6-13,15,25H,14H2,1-5H3. The maximum atomic E-state index is 13.3. The van der Waals surface area contributed by atoms with Crippen LogP contribution in [0.2, 0.25) is 0 Å². The Hall–Kier alpha value is -3.28. The highest BCUT2D eigenvalue weighted by molar-refractivity contribution is 6.03. The number of aromatic nitrogens is 2. The lowest BCUT2D eigenvalue weighted by atomic mass is 10.0. The minimum Gasteiger partial charge on any atom is -0.497 e. The van der Waals surface area contributed by atoms with Crippen LogP contribution in [0.25, 0.3) is 16.9 Å². The fourth-order valence-electron chi connectivity index (χ4n) is 3.05. The van der Waals surface area contributed by atoms with E-state index in [1.807, 2.05) is 55.5 Å². The molecule has 3 aromatic rings. The van der Waals surface area contributed by atoms with Crippen LogP contribution >= 0.6 is 0 Å². The molecular weight excluding hydrogens is 366 g/mol.